The van der Waals surface area contributed by atoms with Crippen LogP contribution in [0.1, 0.15) is 31.7 Å². The van der Waals surface area contributed by atoms with Crippen LogP contribution in [0.15, 0.2) is 47.4 Å². The molecule has 1 aliphatic rings. The number of carbonyl (C=O) groups is 1. The zero-order valence-electron chi connectivity index (χ0n) is 21.0. The number of thiol groups is 1. The van der Waals surface area contributed by atoms with Crippen molar-refractivity contribution in [3.05, 3.63) is 63.8 Å². The highest BCUT2D eigenvalue weighted by Crippen LogP contribution is 2.33. The molecular weight excluding hydrogens is 515 g/mol. The first-order valence-electron chi connectivity index (χ1n) is 12.1. The summed E-state index contributed by atoms with van der Waals surface area (Å²) in [5, 5.41) is 9.49. The number of nitrogens with zero attached hydrogens (tertiary/aromatic N) is 3. The molecule has 200 valence electrons. The van der Waals surface area contributed by atoms with E-state index in [9.17, 15) is 9.18 Å². The van der Waals surface area contributed by atoms with Crippen molar-refractivity contribution in [3.63, 3.8) is 0 Å². The minimum absolute atomic E-state index is 0.0656. The third-order valence-electron chi connectivity index (χ3n) is 6.16. The lowest BCUT2D eigenvalue weighted by Crippen LogP contribution is -2.50. The summed E-state index contributed by atoms with van der Waals surface area (Å²) in [6.45, 7) is 5.08. The molecule has 1 heterocycles. The molecule has 0 atom stereocenters. The Morgan fingerprint density at radius 2 is 1.92 bits per heavy atom. The number of hydrogen-bond donors (Lipinski definition) is 6. The molecule has 1 aromatic carbocycles. The average Bonchev–Trinajstić information content (AvgIpc) is 2.82. The standard InChI is InChI=1S/C25H34ClFN8OS/c1-3-7-35(8-6-30-2)17-9-15(10-17)25(36)34-23-13-22(31-14-32-23)33-21(24(29)37)12-20(28)18-11-16(26)4-5-19(18)27/h4-5,11-15,17,30,37H,3,6-10,28-29H2,1-2H3,(H2,31,32,33,34,36)/b20-12-,24-21-. The second-order valence-electron chi connectivity index (χ2n) is 8.89. The van der Waals surface area contributed by atoms with E-state index in [4.69, 9.17) is 23.1 Å². The Bertz CT molecular complexity index is 1150. The van der Waals surface area contributed by atoms with Gasteiger partial charge in [-0.05, 0) is 57.1 Å². The van der Waals surface area contributed by atoms with Crippen molar-refractivity contribution in [3.8, 4) is 0 Å². The number of amides is 1. The number of hydrogen-bond acceptors (Lipinski definition) is 9. The Morgan fingerprint density at radius 3 is 2.57 bits per heavy atom. The topological polar surface area (TPSA) is 134 Å². The highest BCUT2D eigenvalue weighted by atomic mass is 35.5. The lowest BCUT2D eigenvalue weighted by atomic mass is 9.78. The van der Waals surface area contributed by atoms with Crippen LogP contribution in [-0.2, 0) is 4.79 Å². The summed E-state index contributed by atoms with van der Waals surface area (Å²) in [6, 6.07) is 6.07. The molecule has 9 nitrogen and oxygen atoms in total. The summed E-state index contributed by atoms with van der Waals surface area (Å²) in [7, 11) is 1.94. The quantitative estimate of drug-likeness (QED) is 0.176. The van der Waals surface area contributed by atoms with Gasteiger partial charge in [-0.25, -0.2) is 14.4 Å². The smallest absolute Gasteiger partial charge is 0.228 e. The maximum absolute atomic E-state index is 14.2. The molecule has 0 bridgehead atoms. The van der Waals surface area contributed by atoms with Gasteiger partial charge in [0.15, 0.2) is 0 Å². The van der Waals surface area contributed by atoms with Gasteiger partial charge >= 0.3 is 0 Å². The molecule has 3 rings (SSSR count). The third kappa shape index (κ3) is 8.06. The number of anilines is 2. The largest absolute Gasteiger partial charge is 0.398 e. The molecule has 0 saturated heterocycles. The lowest BCUT2D eigenvalue weighted by Gasteiger charge is -2.42. The average molecular weight is 549 g/mol. The number of likely N-dealkylation sites (N-methyl/N-ethyl adjacent to an activating group) is 1. The Kier molecular flexibility index (Phi) is 10.6. The molecule has 0 unspecified atom stereocenters. The summed E-state index contributed by atoms with van der Waals surface area (Å²) in [5.41, 5.74) is 12.5. The Balaban J connectivity index is 1.64. The maximum Gasteiger partial charge on any atom is 0.228 e. The zero-order chi connectivity index (χ0) is 26.9. The molecule has 1 fully saturated rings. The first kappa shape index (κ1) is 28.7. The van der Waals surface area contributed by atoms with Crippen LogP contribution in [0.25, 0.3) is 5.70 Å². The number of halogens is 2. The molecule has 7 N–H and O–H groups in total. The van der Waals surface area contributed by atoms with Gasteiger partial charge in [0.05, 0.1) is 10.7 Å². The summed E-state index contributed by atoms with van der Waals surface area (Å²) in [4.78, 5) is 23.6. The predicted molar refractivity (Wildman–Crippen MR) is 150 cm³/mol. The van der Waals surface area contributed by atoms with Crippen molar-refractivity contribution < 1.29 is 9.18 Å². The van der Waals surface area contributed by atoms with Crippen molar-refractivity contribution in [1.82, 2.24) is 20.2 Å². The minimum Gasteiger partial charge on any atom is -0.398 e. The van der Waals surface area contributed by atoms with Crippen molar-refractivity contribution in [2.45, 2.75) is 32.2 Å². The monoisotopic (exact) mass is 548 g/mol. The highest BCUT2D eigenvalue weighted by molar-refractivity contribution is 7.84. The molecule has 1 amide bonds. The fourth-order valence-electron chi connectivity index (χ4n) is 4.11. The summed E-state index contributed by atoms with van der Waals surface area (Å²) >= 11 is 10.2. The van der Waals surface area contributed by atoms with E-state index >= 15 is 0 Å². The summed E-state index contributed by atoms with van der Waals surface area (Å²) in [5.74, 6) is 0.0302. The van der Waals surface area contributed by atoms with Gasteiger partial charge in [0, 0.05) is 47.4 Å². The van der Waals surface area contributed by atoms with Crippen LogP contribution in [0, 0.1) is 11.7 Å². The molecule has 37 heavy (non-hydrogen) atoms. The molecule has 1 saturated carbocycles. The van der Waals surface area contributed by atoms with Gasteiger partial charge in [-0.15, -0.1) is 12.6 Å². The zero-order valence-corrected chi connectivity index (χ0v) is 22.6. The van der Waals surface area contributed by atoms with Crippen LogP contribution in [0.2, 0.25) is 5.02 Å². The van der Waals surface area contributed by atoms with E-state index in [1.54, 1.807) is 6.07 Å². The van der Waals surface area contributed by atoms with E-state index in [1.807, 2.05) is 7.05 Å². The van der Waals surface area contributed by atoms with Gasteiger partial charge in [-0.3, -0.25) is 9.69 Å². The lowest BCUT2D eigenvalue weighted by molar-refractivity contribution is -0.124. The molecule has 12 heteroatoms. The molecule has 1 aromatic heterocycles. The maximum atomic E-state index is 14.2. The van der Waals surface area contributed by atoms with Crippen LogP contribution < -0.4 is 27.4 Å². The van der Waals surface area contributed by atoms with Crippen molar-refractivity contribution >= 4 is 47.5 Å². The van der Waals surface area contributed by atoms with E-state index < -0.39 is 5.82 Å². The molecule has 0 radical (unpaired) electrons. The summed E-state index contributed by atoms with van der Waals surface area (Å²) in [6.07, 6.45) is 5.47. The Morgan fingerprint density at radius 1 is 1.22 bits per heavy atom. The van der Waals surface area contributed by atoms with E-state index in [1.165, 1.54) is 30.6 Å². The SMILES string of the molecule is CCCN(CCNC)C1CC(C(=O)Nc2cc(NC(/C=C(\N)c3cc(Cl)ccc3F)=C(/N)S)ncn2)C1. The van der Waals surface area contributed by atoms with Crippen LogP contribution in [-0.4, -0.2) is 53.5 Å². The van der Waals surface area contributed by atoms with E-state index in [-0.39, 0.29) is 33.8 Å². The Hall–Kier alpha value is -2.86. The predicted octanol–water partition coefficient (Wildman–Crippen LogP) is 3.39. The molecule has 2 aromatic rings. The highest BCUT2D eigenvalue weighted by Gasteiger charge is 2.37. The van der Waals surface area contributed by atoms with Crippen molar-refractivity contribution in [2.75, 3.05) is 37.3 Å². The number of aromatic nitrogens is 2. The van der Waals surface area contributed by atoms with Gasteiger partial charge in [0.25, 0.3) is 0 Å². The van der Waals surface area contributed by atoms with Crippen LogP contribution >= 0.6 is 24.2 Å². The van der Waals surface area contributed by atoms with Gasteiger partial charge in [0.1, 0.15) is 23.8 Å². The fraction of sp³-hybridized carbons (Fsp3) is 0.400. The van der Waals surface area contributed by atoms with Gasteiger partial charge in [-0.1, -0.05) is 18.5 Å². The van der Waals surface area contributed by atoms with Gasteiger partial charge < -0.3 is 27.4 Å². The number of carbonyl (C=O) groups excluding carboxylic acids is 1. The van der Waals surface area contributed by atoms with Crippen LogP contribution in [0.3, 0.4) is 0 Å². The molecule has 0 spiro atoms. The number of rotatable bonds is 12. The Labute approximate surface area is 227 Å². The number of nitrogens with one attached hydrogen (secondary N) is 3. The van der Waals surface area contributed by atoms with Crippen LogP contribution in [0.4, 0.5) is 16.0 Å². The second-order valence-corrected chi connectivity index (χ2v) is 9.81. The van der Waals surface area contributed by atoms with E-state index in [0.29, 0.717) is 22.7 Å². The van der Waals surface area contributed by atoms with Crippen molar-refractivity contribution in [2.24, 2.45) is 17.4 Å². The molecule has 0 aliphatic heterocycles. The second kappa shape index (κ2) is 13.6. The number of allylic oxidation sites excluding steroid dienone is 1. The van der Waals surface area contributed by atoms with E-state index in [2.05, 4.69) is 50.4 Å². The molecule has 1 aliphatic carbocycles. The normalized spacial score (nSPS) is 18.3. The van der Waals surface area contributed by atoms with Gasteiger partial charge in [-0.2, -0.15) is 0 Å². The van der Waals surface area contributed by atoms with Gasteiger partial charge in [0.2, 0.25) is 5.91 Å². The molecular formula is C25H34ClFN8OS. The summed E-state index contributed by atoms with van der Waals surface area (Å²) < 4.78 is 14.2. The van der Waals surface area contributed by atoms with Crippen LogP contribution in [0.5, 0.6) is 0 Å². The first-order valence-corrected chi connectivity index (χ1v) is 12.9. The number of benzene rings is 1. The van der Waals surface area contributed by atoms with Crippen molar-refractivity contribution in [1.29, 1.82) is 0 Å². The minimum atomic E-state index is -0.527. The number of nitrogens with two attached hydrogens (primary N) is 2. The van der Waals surface area contributed by atoms with E-state index in [0.717, 1.165) is 38.9 Å². The fourth-order valence-corrected chi connectivity index (χ4v) is 4.40. The third-order valence-corrected chi connectivity index (χ3v) is 6.63. The first-order chi connectivity index (χ1) is 17.7.